The lowest BCUT2D eigenvalue weighted by molar-refractivity contribution is -0.219. The summed E-state index contributed by atoms with van der Waals surface area (Å²) in [5, 5.41) is 9.30. The Labute approximate surface area is 124 Å². The van der Waals surface area contributed by atoms with Crippen molar-refractivity contribution in [1.82, 2.24) is 0 Å². The zero-order chi connectivity index (χ0) is 13.9. The Hall–Kier alpha value is 0.290. The van der Waals surface area contributed by atoms with Gasteiger partial charge in [-0.25, -0.2) is 0 Å². The molecule has 2 aliphatic rings. The van der Waals surface area contributed by atoms with Crippen LogP contribution in [0.3, 0.4) is 0 Å². The van der Waals surface area contributed by atoms with Gasteiger partial charge in [-0.1, -0.05) is 23.2 Å². The number of methoxy groups -OCH3 is 2. The van der Waals surface area contributed by atoms with E-state index in [1.807, 2.05) is 0 Å². The van der Waals surface area contributed by atoms with Crippen molar-refractivity contribution >= 4 is 52.4 Å². The van der Waals surface area contributed by atoms with E-state index < -0.39 is 27.4 Å². The molecule has 2 aliphatic carbocycles. The molecule has 0 spiro atoms. The highest BCUT2D eigenvalue weighted by Crippen LogP contribution is 2.71. The standard InChI is InChI=1S/C10H10Cl4O4/c1-17-10(18-2)8(13)3-4(7(15)16)9(10,14)6(12)5(8)11/h4H,3H2,1-2H3,(H,15,16)/t4-,8-,9+/m1/s1. The molecule has 0 amide bonds. The zero-order valence-electron chi connectivity index (χ0n) is 9.47. The molecule has 0 saturated heterocycles. The molecule has 2 rings (SSSR count). The Morgan fingerprint density at radius 1 is 1.28 bits per heavy atom. The first-order valence-corrected chi connectivity index (χ1v) is 6.51. The van der Waals surface area contributed by atoms with Crippen LogP contribution in [0.5, 0.6) is 0 Å². The smallest absolute Gasteiger partial charge is 0.308 e. The maximum atomic E-state index is 11.3. The summed E-state index contributed by atoms with van der Waals surface area (Å²) in [6.07, 6.45) is -0.0237. The Morgan fingerprint density at radius 2 is 1.78 bits per heavy atom. The first-order chi connectivity index (χ1) is 8.23. The van der Waals surface area contributed by atoms with Crippen molar-refractivity contribution in [2.24, 2.45) is 5.92 Å². The number of aliphatic carboxylic acids is 1. The number of carboxylic acid groups (broad SMARTS) is 1. The second-order valence-electron chi connectivity index (χ2n) is 4.26. The topological polar surface area (TPSA) is 55.8 Å². The molecule has 8 heteroatoms. The van der Waals surface area contributed by atoms with Crippen LogP contribution in [-0.4, -0.2) is 40.8 Å². The third kappa shape index (κ3) is 1.25. The van der Waals surface area contributed by atoms with Crippen LogP contribution < -0.4 is 0 Å². The number of alkyl halides is 2. The predicted octanol–water partition coefficient (Wildman–Crippen LogP) is 2.74. The van der Waals surface area contributed by atoms with Crippen LogP contribution in [0.4, 0.5) is 0 Å². The number of hydrogen-bond acceptors (Lipinski definition) is 3. The summed E-state index contributed by atoms with van der Waals surface area (Å²) in [4.78, 5) is 8.29. The second kappa shape index (κ2) is 4.14. The summed E-state index contributed by atoms with van der Waals surface area (Å²) < 4.78 is 10.6. The van der Waals surface area contributed by atoms with E-state index in [1.54, 1.807) is 0 Å². The van der Waals surface area contributed by atoms with Crippen LogP contribution in [0.25, 0.3) is 0 Å². The first-order valence-electron chi connectivity index (χ1n) is 5.00. The normalized spacial score (nSPS) is 41.6. The summed E-state index contributed by atoms with van der Waals surface area (Å²) in [6, 6.07) is 0. The SMILES string of the molecule is COC1(OC)[C@@]2(Cl)C[C@H](C(=O)O)[C@]1(Cl)C(Cl)=C2Cl. The molecule has 0 aromatic heterocycles. The van der Waals surface area contributed by atoms with E-state index in [0.717, 1.165) is 0 Å². The molecular formula is C10H10Cl4O4. The van der Waals surface area contributed by atoms with Gasteiger partial charge in [0.05, 0.1) is 16.0 Å². The molecule has 0 radical (unpaired) electrons. The highest BCUT2D eigenvalue weighted by molar-refractivity contribution is 6.52. The summed E-state index contributed by atoms with van der Waals surface area (Å²) in [7, 11) is 2.64. The summed E-state index contributed by atoms with van der Waals surface area (Å²) in [5.74, 6) is -3.79. The fourth-order valence-corrected chi connectivity index (χ4v) is 4.95. The fraction of sp³-hybridized carbons (Fsp3) is 0.700. The number of carbonyl (C=O) groups is 1. The van der Waals surface area contributed by atoms with Gasteiger partial charge < -0.3 is 14.6 Å². The van der Waals surface area contributed by atoms with Gasteiger partial charge in [-0.3, -0.25) is 4.79 Å². The van der Waals surface area contributed by atoms with Crippen molar-refractivity contribution < 1.29 is 19.4 Å². The Morgan fingerprint density at radius 3 is 2.11 bits per heavy atom. The van der Waals surface area contributed by atoms with Gasteiger partial charge in [-0.15, -0.1) is 23.2 Å². The van der Waals surface area contributed by atoms with Crippen LogP contribution in [-0.2, 0) is 14.3 Å². The lowest BCUT2D eigenvalue weighted by atomic mass is 9.91. The number of ether oxygens (including phenoxy) is 2. The summed E-state index contributed by atoms with van der Waals surface area (Å²) in [5.41, 5.74) is 0. The summed E-state index contributed by atoms with van der Waals surface area (Å²) >= 11 is 25.0. The molecule has 2 bridgehead atoms. The van der Waals surface area contributed by atoms with Crippen LogP contribution in [0, 0.1) is 5.92 Å². The van der Waals surface area contributed by atoms with E-state index in [1.165, 1.54) is 14.2 Å². The van der Waals surface area contributed by atoms with Crippen LogP contribution in [0.1, 0.15) is 6.42 Å². The van der Waals surface area contributed by atoms with E-state index in [0.29, 0.717) is 0 Å². The Bertz CT molecular complexity index is 447. The van der Waals surface area contributed by atoms with Gasteiger partial charge in [0.25, 0.3) is 0 Å². The van der Waals surface area contributed by atoms with Crippen molar-refractivity contribution in [2.45, 2.75) is 22.0 Å². The van der Waals surface area contributed by atoms with Gasteiger partial charge in [0.1, 0.15) is 4.87 Å². The third-order valence-electron chi connectivity index (χ3n) is 3.70. The van der Waals surface area contributed by atoms with Gasteiger partial charge >= 0.3 is 5.97 Å². The van der Waals surface area contributed by atoms with Crippen molar-refractivity contribution in [3.63, 3.8) is 0 Å². The maximum Gasteiger partial charge on any atom is 0.308 e. The molecule has 0 heterocycles. The van der Waals surface area contributed by atoms with Crippen LogP contribution >= 0.6 is 46.4 Å². The molecule has 1 saturated carbocycles. The molecular weight excluding hydrogens is 326 g/mol. The highest BCUT2D eigenvalue weighted by Gasteiger charge is 2.82. The Balaban J connectivity index is 2.73. The van der Waals surface area contributed by atoms with Crippen molar-refractivity contribution in [3.05, 3.63) is 10.1 Å². The lowest BCUT2D eigenvalue weighted by Crippen LogP contribution is -2.57. The molecule has 3 atom stereocenters. The summed E-state index contributed by atoms with van der Waals surface area (Å²) in [6.45, 7) is 0. The number of fused-ring (bicyclic) bond motifs is 2. The number of carboxylic acids is 1. The highest BCUT2D eigenvalue weighted by atomic mass is 35.5. The van der Waals surface area contributed by atoms with Gasteiger partial charge in [0, 0.05) is 14.2 Å². The molecule has 0 aromatic rings. The third-order valence-corrected chi connectivity index (χ3v) is 6.28. The minimum absolute atomic E-state index is 0.0237. The van der Waals surface area contributed by atoms with Crippen LogP contribution in [0.2, 0.25) is 0 Å². The minimum atomic E-state index is -1.64. The van der Waals surface area contributed by atoms with Crippen molar-refractivity contribution in [2.75, 3.05) is 14.2 Å². The molecule has 1 N–H and O–H groups in total. The molecule has 0 aliphatic heterocycles. The van der Waals surface area contributed by atoms with Crippen molar-refractivity contribution in [3.8, 4) is 0 Å². The predicted molar refractivity (Wildman–Crippen MR) is 68.4 cm³/mol. The van der Waals surface area contributed by atoms with Crippen LogP contribution in [0.15, 0.2) is 10.1 Å². The Kier molecular flexibility index (Phi) is 3.38. The molecule has 0 unspecified atom stereocenters. The molecule has 4 nitrogen and oxygen atoms in total. The maximum absolute atomic E-state index is 11.3. The average molecular weight is 336 g/mol. The van der Waals surface area contributed by atoms with Crippen molar-refractivity contribution in [1.29, 1.82) is 0 Å². The van der Waals surface area contributed by atoms with E-state index in [9.17, 15) is 9.90 Å². The van der Waals surface area contributed by atoms with E-state index in [-0.39, 0.29) is 16.5 Å². The molecule has 1 fully saturated rings. The number of rotatable bonds is 3. The van der Waals surface area contributed by atoms with E-state index in [2.05, 4.69) is 0 Å². The molecule has 102 valence electrons. The quantitative estimate of drug-likeness (QED) is 0.636. The monoisotopic (exact) mass is 334 g/mol. The average Bonchev–Trinajstić information content (AvgIpc) is 2.60. The molecule has 0 aromatic carbocycles. The van der Waals surface area contributed by atoms with E-state index in [4.69, 9.17) is 55.9 Å². The lowest BCUT2D eigenvalue weighted by Gasteiger charge is -2.40. The first kappa shape index (κ1) is 14.7. The van der Waals surface area contributed by atoms with E-state index >= 15 is 0 Å². The van der Waals surface area contributed by atoms with Gasteiger partial charge in [0.2, 0.25) is 5.79 Å². The van der Waals surface area contributed by atoms with Gasteiger partial charge in [-0.05, 0) is 6.42 Å². The minimum Gasteiger partial charge on any atom is -0.481 e. The number of halogens is 4. The zero-order valence-corrected chi connectivity index (χ0v) is 12.5. The largest absolute Gasteiger partial charge is 0.481 e. The fourth-order valence-electron chi connectivity index (χ4n) is 2.90. The van der Waals surface area contributed by atoms with Gasteiger partial charge in [0.15, 0.2) is 4.87 Å². The number of hydrogen-bond donors (Lipinski definition) is 1. The van der Waals surface area contributed by atoms with Gasteiger partial charge in [-0.2, -0.15) is 0 Å². The second-order valence-corrected chi connectivity index (χ2v) is 6.26. The molecule has 18 heavy (non-hydrogen) atoms.